The number of methoxy groups -OCH3 is 2. The molecule has 7 nitrogen and oxygen atoms in total. The van der Waals surface area contributed by atoms with Gasteiger partial charge in [0.1, 0.15) is 0 Å². The molecule has 1 amide bonds. The standard InChI is InChI=1S/C11H18N2O5/c1-17-10(15)8(11(16)18-2)6-3-4-13-5-7(6)9(12)14/h6-8,13H,3-5H2,1-2H3,(H2,12,14). The van der Waals surface area contributed by atoms with Crippen molar-refractivity contribution in [3.05, 3.63) is 0 Å². The van der Waals surface area contributed by atoms with Crippen LogP contribution in [-0.2, 0) is 23.9 Å². The molecule has 1 heterocycles. The lowest BCUT2D eigenvalue weighted by Gasteiger charge is -2.33. The molecule has 18 heavy (non-hydrogen) atoms. The zero-order chi connectivity index (χ0) is 13.7. The molecule has 1 fully saturated rings. The largest absolute Gasteiger partial charge is 0.468 e. The maximum Gasteiger partial charge on any atom is 0.320 e. The lowest BCUT2D eigenvalue weighted by molar-refractivity contribution is -0.163. The maximum atomic E-state index is 11.7. The third-order valence-corrected chi connectivity index (χ3v) is 3.24. The number of hydrogen-bond donors (Lipinski definition) is 2. The number of ether oxygens (including phenoxy) is 2. The monoisotopic (exact) mass is 258 g/mol. The van der Waals surface area contributed by atoms with Gasteiger partial charge in [0.2, 0.25) is 5.91 Å². The second-order valence-electron chi connectivity index (χ2n) is 4.19. The molecule has 1 aliphatic rings. The second-order valence-corrected chi connectivity index (χ2v) is 4.19. The summed E-state index contributed by atoms with van der Waals surface area (Å²) in [6.45, 7) is 0.962. The summed E-state index contributed by atoms with van der Waals surface area (Å²) in [7, 11) is 2.39. The summed E-state index contributed by atoms with van der Waals surface area (Å²) in [6, 6.07) is 0. The lowest BCUT2D eigenvalue weighted by Crippen LogP contribution is -2.49. The molecule has 0 bridgehead atoms. The van der Waals surface area contributed by atoms with Crippen molar-refractivity contribution < 1.29 is 23.9 Å². The van der Waals surface area contributed by atoms with Crippen LogP contribution in [0.3, 0.4) is 0 Å². The van der Waals surface area contributed by atoms with Gasteiger partial charge in [0.25, 0.3) is 0 Å². The molecular formula is C11H18N2O5. The van der Waals surface area contributed by atoms with Gasteiger partial charge in [-0.05, 0) is 18.9 Å². The molecule has 0 aromatic heterocycles. The molecule has 7 heteroatoms. The van der Waals surface area contributed by atoms with Crippen molar-refractivity contribution in [2.24, 2.45) is 23.5 Å². The normalized spacial score (nSPS) is 23.5. The van der Waals surface area contributed by atoms with Gasteiger partial charge in [-0.25, -0.2) is 0 Å². The van der Waals surface area contributed by atoms with Gasteiger partial charge in [0.15, 0.2) is 5.92 Å². The predicted molar refractivity (Wildman–Crippen MR) is 61.2 cm³/mol. The Bertz CT molecular complexity index is 328. The molecule has 0 aromatic rings. The minimum atomic E-state index is -1.10. The molecule has 0 radical (unpaired) electrons. The van der Waals surface area contributed by atoms with E-state index in [9.17, 15) is 14.4 Å². The predicted octanol–water partition coefficient (Wildman–Crippen LogP) is -1.34. The average molecular weight is 258 g/mol. The first-order chi connectivity index (χ1) is 8.52. The Morgan fingerprint density at radius 1 is 1.22 bits per heavy atom. The number of nitrogens with one attached hydrogen (secondary N) is 1. The van der Waals surface area contributed by atoms with E-state index < -0.39 is 35.6 Å². The van der Waals surface area contributed by atoms with Crippen LogP contribution in [0.5, 0.6) is 0 Å². The highest BCUT2D eigenvalue weighted by Crippen LogP contribution is 2.29. The van der Waals surface area contributed by atoms with Crippen LogP contribution >= 0.6 is 0 Å². The van der Waals surface area contributed by atoms with E-state index in [1.165, 1.54) is 14.2 Å². The van der Waals surface area contributed by atoms with Gasteiger partial charge < -0.3 is 20.5 Å². The maximum absolute atomic E-state index is 11.7. The summed E-state index contributed by atoms with van der Waals surface area (Å²) in [5.74, 6) is -4.09. The molecule has 0 aliphatic carbocycles. The minimum Gasteiger partial charge on any atom is -0.468 e. The number of piperidine rings is 1. The van der Waals surface area contributed by atoms with E-state index in [4.69, 9.17) is 5.73 Å². The van der Waals surface area contributed by atoms with Crippen molar-refractivity contribution in [1.82, 2.24) is 5.32 Å². The van der Waals surface area contributed by atoms with Crippen molar-refractivity contribution in [3.63, 3.8) is 0 Å². The van der Waals surface area contributed by atoms with Crippen LogP contribution in [0.4, 0.5) is 0 Å². The molecular weight excluding hydrogens is 240 g/mol. The molecule has 1 saturated heterocycles. The van der Waals surface area contributed by atoms with Gasteiger partial charge in [-0.15, -0.1) is 0 Å². The highest BCUT2D eigenvalue weighted by Gasteiger charge is 2.44. The van der Waals surface area contributed by atoms with E-state index >= 15 is 0 Å². The van der Waals surface area contributed by atoms with Crippen molar-refractivity contribution in [1.29, 1.82) is 0 Å². The van der Waals surface area contributed by atoms with Gasteiger partial charge in [0.05, 0.1) is 20.1 Å². The van der Waals surface area contributed by atoms with Crippen LogP contribution in [-0.4, -0.2) is 45.2 Å². The first kappa shape index (κ1) is 14.4. The molecule has 0 aromatic carbocycles. The van der Waals surface area contributed by atoms with Gasteiger partial charge in [-0.3, -0.25) is 14.4 Å². The first-order valence-corrected chi connectivity index (χ1v) is 5.68. The summed E-state index contributed by atoms with van der Waals surface area (Å²) in [5, 5.41) is 3.01. The Kier molecular flexibility index (Phi) is 5.08. The Morgan fingerprint density at radius 3 is 2.22 bits per heavy atom. The quantitative estimate of drug-likeness (QED) is 0.477. The Hall–Kier alpha value is -1.63. The van der Waals surface area contributed by atoms with Crippen molar-refractivity contribution in [3.8, 4) is 0 Å². The van der Waals surface area contributed by atoms with E-state index in [-0.39, 0.29) is 0 Å². The van der Waals surface area contributed by atoms with Crippen LogP contribution in [0.25, 0.3) is 0 Å². The molecule has 102 valence electrons. The summed E-state index contributed by atoms with van der Waals surface area (Å²) >= 11 is 0. The molecule has 3 N–H and O–H groups in total. The van der Waals surface area contributed by atoms with Crippen LogP contribution in [0.15, 0.2) is 0 Å². The number of primary amides is 1. The fourth-order valence-corrected chi connectivity index (χ4v) is 2.29. The van der Waals surface area contributed by atoms with Gasteiger partial charge in [0, 0.05) is 6.54 Å². The molecule has 1 rings (SSSR count). The Labute approximate surface area is 105 Å². The Morgan fingerprint density at radius 2 is 1.78 bits per heavy atom. The topological polar surface area (TPSA) is 108 Å². The van der Waals surface area contributed by atoms with E-state index in [2.05, 4.69) is 14.8 Å². The number of esters is 2. The molecule has 0 spiro atoms. The number of carbonyl (C=O) groups excluding carboxylic acids is 3. The van der Waals surface area contributed by atoms with Crippen molar-refractivity contribution >= 4 is 17.8 Å². The van der Waals surface area contributed by atoms with E-state index in [1.54, 1.807) is 0 Å². The minimum absolute atomic E-state index is 0.352. The summed E-state index contributed by atoms with van der Waals surface area (Å²) in [6.07, 6.45) is 0.489. The lowest BCUT2D eigenvalue weighted by atomic mass is 9.76. The Balaban J connectivity index is 2.97. The number of hydrogen-bond acceptors (Lipinski definition) is 6. The first-order valence-electron chi connectivity index (χ1n) is 5.68. The van der Waals surface area contributed by atoms with Gasteiger partial charge in [-0.1, -0.05) is 0 Å². The van der Waals surface area contributed by atoms with E-state index in [0.717, 1.165) is 0 Å². The number of rotatable bonds is 4. The summed E-state index contributed by atoms with van der Waals surface area (Å²) in [4.78, 5) is 34.7. The van der Waals surface area contributed by atoms with Crippen LogP contribution in [0, 0.1) is 17.8 Å². The van der Waals surface area contributed by atoms with E-state index in [0.29, 0.717) is 19.5 Å². The molecule has 0 saturated carbocycles. The van der Waals surface area contributed by atoms with Crippen molar-refractivity contribution in [2.75, 3.05) is 27.3 Å². The van der Waals surface area contributed by atoms with Crippen molar-refractivity contribution in [2.45, 2.75) is 6.42 Å². The number of carbonyl (C=O) groups is 3. The second kappa shape index (κ2) is 6.34. The number of amides is 1. The van der Waals surface area contributed by atoms with Gasteiger partial charge in [-0.2, -0.15) is 0 Å². The van der Waals surface area contributed by atoms with Gasteiger partial charge >= 0.3 is 11.9 Å². The molecule has 1 aliphatic heterocycles. The van der Waals surface area contributed by atoms with Crippen LogP contribution in [0.1, 0.15) is 6.42 Å². The fourth-order valence-electron chi connectivity index (χ4n) is 2.29. The summed E-state index contributed by atoms with van der Waals surface area (Å²) < 4.78 is 9.21. The SMILES string of the molecule is COC(=O)C(C(=O)OC)C1CCNCC1C(N)=O. The van der Waals surface area contributed by atoms with E-state index in [1.807, 2.05) is 0 Å². The highest BCUT2D eigenvalue weighted by atomic mass is 16.5. The zero-order valence-electron chi connectivity index (χ0n) is 10.5. The van der Waals surface area contributed by atoms with Crippen LogP contribution < -0.4 is 11.1 Å². The number of nitrogens with two attached hydrogens (primary N) is 1. The average Bonchev–Trinajstić information content (AvgIpc) is 2.38. The highest BCUT2D eigenvalue weighted by molar-refractivity contribution is 5.96. The molecule has 2 atom stereocenters. The molecule has 2 unspecified atom stereocenters. The fraction of sp³-hybridized carbons (Fsp3) is 0.727. The zero-order valence-corrected chi connectivity index (χ0v) is 10.5. The summed E-state index contributed by atoms with van der Waals surface area (Å²) in [5.41, 5.74) is 5.30. The third kappa shape index (κ3) is 2.98. The smallest absolute Gasteiger partial charge is 0.320 e. The third-order valence-electron chi connectivity index (χ3n) is 3.24. The van der Waals surface area contributed by atoms with Crippen LogP contribution in [0.2, 0.25) is 0 Å².